The van der Waals surface area contributed by atoms with Gasteiger partial charge < -0.3 is 14.6 Å². The molecule has 0 spiro atoms. The van der Waals surface area contributed by atoms with Gasteiger partial charge >= 0.3 is 5.97 Å². The maximum absolute atomic E-state index is 11.2. The first-order valence-corrected chi connectivity index (χ1v) is 5.01. The molecule has 4 heteroatoms. The van der Waals surface area contributed by atoms with E-state index in [1.54, 1.807) is 14.2 Å². The van der Waals surface area contributed by atoms with Crippen LogP contribution in [0.3, 0.4) is 0 Å². The maximum atomic E-state index is 11.2. The van der Waals surface area contributed by atoms with Gasteiger partial charge in [0.25, 0.3) is 0 Å². The van der Waals surface area contributed by atoms with Crippen molar-refractivity contribution in [3.05, 3.63) is 0 Å². The smallest absolute Gasteiger partial charge is 0.310 e. The van der Waals surface area contributed by atoms with Crippen molar-refractivity contribution < 1.29 is 19.4 Å². The molecule has 5 fully saturated rings. The van der Waals surface area contributed by atoms with Gasteiger partial charge in [0, 0.05) is 26.1 Å². The molecule has 0 saturated heterocycles. The van der Waals surface area contributed by atoms with E-state index < -0.39 is 17.2 Å². The normalized spacial score (nSPS) is 62.9. The molecule has 0 aliphatic heterocycles. The van der Waals surface area contributed by atoms with E-state index in [0.717, 1.165) is 0 Å². The first-order valence-electron chi connectivity index (χ1n) is 5.01. The van der Waals surface area contributed by atoms with Gasteiger partial charge in [-0.3, -0.25) is 4.79 Å². The molecule has 6 unspecified atom stereocenters. The fourth-order valence-corrected chi connectivity index (χ4v) is 5.02. The van der Waals surface area contributed by atoms with E-state index in [0.29, 0.717) is 23.7 Å². The van der Waals surface area contributed by atoms with E-state index in [1.807, 2.05) is 0 Å². The second kappa shape index (κ2) is 1.63. The molecule has 0 amide bonds. The zero-order valence-corrected chi connectivity index (χ0v) is 8.06. The van der Waals surface area contributed by atoms with Crippen LogP contribution in [0.1, 0.15) is 0 Å². The second-order valence-electron chi connectivity index (χ2n) is 5.00. The van der Waals surface area contributed by atoms with Crippen LogP contribution >= 0.6 is 0 Å². The van der Waals surface area contributed by atoms with E-state index in [2.05, 4.69) is 0 Å². The average molecular weight is 196 g/mol. The standard InChI is InChI=1S/C10H12O4/c1-13-10(14-2)5-3-4(5)9(8(11)12)6(3)7(9)10/h3-7H,1-2H3,(H,11,12). The Labute approximate surface area is 81.2 Å². The highest BCUT2D eigenvalue weighted by atomic mass is 16.7. The minimum atomic E-state index is -0.632. The first-order chi connectivity index (χ1) is 6.67. The van der Waals surface area contributed by atoms with E-state index in [4.69, 9.17) is 9.47 Å². The minimum absolute atomic E-state index is 0.127. The maximum Gasteiger partial charge on any atom is 0.310 e. The summed E-state index contributed by atoms with van der Waals surface area (Å²) in [6.45, 7) is 0. The van der Waals surface area contributed by atoms with E-state index in [1.165, 1.54) is 0 Å². The summed E-state index contributed by atoms with van der Waals surface area (Å²) in [5.74, 6) is 0.609. The summed E-state index contributed by atoms with van der Waals surface area (Å²) in [4.78, 5) is 11.2. The second-order valence-corrected chi connectivity index (χ2v) is 5.00. The van der Waals surface area contributed by atoms with Crippen molar-refractivity contribution in [1.82, 2.24) is 0 Å². The molecule has 1 N–H and O–H groups in total. The Morgan fingerprint density at radius 3 is 2.14 bits per heavy atom. The molecule has 0 radical (unpaired) electrons. The van der Waals surface area contributed by atoms with Gasteiger partial charge in [0.05, 0.1) is 5.41 Å². The summed E-state index contributed by atoms with van der Waals surface area (Å²) in [5.41, 5.74) is -0.443. The quantitative estimate of drug-likeness (QED) is 0.654. The molecule has 76 valence electrons. The molecular weight excluding hydrogens is 184 g/mol. The van der Waals surface area contributed by atoms with Crippen LogP contribution in [0.4, 0.5) is 0 Å². The fourth-order valence-electron chi connectivity index (χ4n) is 5.02. The summed E-state index contributed by atoms with van der Waals surface area (Å²) in [6.07, 6.45) is 0. The average Bonchev–Trinajstić information content (AvgIpc) is 2.88. The Balaban J connectivity index is 1.82. The number of rotatable bonds is 3. The monoisotopic (exact) mass is 196 g/mol. The molecule has 0 aromatic carbocycles. The van der Waals surface area contributed by atoms with E-state index in [-0.39, 0.29) is 5.92 Å². The summed E-state index contributed by atoms with van der Waals surface area (Å²) in [5, 5.41) is 9.24. The molecule has 0 aromatic rings. The number of hydrogen-bond acceptors (Lipinski definition) is 3. The molecule has 5 aliphatic carbocycles. The predicted octanol–water partition coefficient (Wildman–Crippen LogP) is 0.182. The van der Waals surface area contributed by atoms with Crippen LogP contribution in [-0.2, 0) is 14.3 Å². The van der Waals surface area contributed by atoms with Crippen LogP contribution in [-0.4, -0.2) is 31.1 Å². The van der Waals surface area contributed by atoms with Gasteiger partial charge in [-0.05, 0) is 17.8 Å². The summed E-state index contributed by atoms with van der Waals surface area (Å²) in [7, 11) is 3.27. The third kappa shape index (κ3) is 0.373. The van der Waals surface area contributed by atoms with Crippen molar-refractivity contribution in [2.75, 3.05) is 14.2 Å². The van der Waals surface area contributed by atoms with E-state index >= 15 is 0 Å². The Morgan fingerprint density at radius 1 is 1.21 bits per heavy atom. The largest absolute Gasteiger partial charge is 0.481 e. The molecule has 2 bridgehead atoms. The number of ether oxygens (including phenoxy) is 2. The van der Waals surface area contributed by atoms with Crippen LogP contribution in [0.15, 0.2) is 0 Å². The first kappa shape index (κ1) is 7.65. The van der Waals surface area contributed by atoms with Crippen molar-refractivity contribution >= 4 is 5.97 Å². The highest BCUT2D eigenvalue weighted by Crippen LogP contribution is 3.01. The van der Waals surface area contributed by atoms with Gasteiger partial charge in [0.2, 0.25) is 0 Å². The third-order valence-electron chi connectivity index (χ3n) is 5.26. The summed E-state index contributed by atoms with van der Waals surface area (Å²) in [6, 6.07) is 0. The minimum Gasteiger partial charge on any atom is -0.481 e. The number of carbonyl (C=O) groups is 1. The molecule has 4 nitrogen and oxygen atoms in total. The van der Waals surface area contributed by atoms with Crippen molar-refractivity contribution in [3.8, 4) is 0 Å². The summed E-state index contributed by atoms with van der Waals surface area (Å²) >= 11 is 0. The zero-order chi connectivity index (χ0) is 9.88. The van der Waals surface area contributed by atoms with Gasteiger partial charge in [-0.15, -0.1) is 0 Å². The highest BCUT2D eigenvalue weighted by Gasteiger charge is 3.07. The number of aliphatic carboxylic acids is 1. The number of carboxylic acid groups (broad SMARTS) is 1. The van der Waals surface area contributed by atoms with Crippen molar-refractivity contribution in [3.63, 3.8) is 0 Å². The lowest BCUT2D eigenvalue weighted by Crippen LogP contribution is -2.37. The number of hydrogen-bond donors (Lipinski definition) is 1. The molecule has 0 heterocycles. The van der Waals surface area contributed by atoms with Gasteiger partial charge in [-0.1, -0.05) is 0 Å². The van der Waals surface area contributed by atoms with Crippen LogP contribution in [0.25, 0.3) is 0 Å². The molecule has 5 saturated carbocycles. The van der Waals surface area contributed by atoms with Crippen LogP contribution in [0, 0.1) is 35.0 Å². The molecule has 5 rings (SSSR count). The molecule has 5 aliphatic rings. The zero-order valence-electron chi connectivity index (χ0n) is 8.06. The molecule has 0 aromatic heterocycles. The lowest BCUT2D eigenvalue weighted by atomic mass is 9.85. The van der Waals surface area contributed by atoms with Gasteiger partial charge in [0.15, 0.2) is 5.79 Å². The van der Waals surface area contributed by atoms with E-state index in [9.17, 15) is 9.90 Å². The van der Waals surface area contributed by atoms with Crippen molar-refractivity contribution in [2.24, 2.45) is 35.0 Å². The Morgan fingerprint density at radius 2 is 1.86 bits per heavy atom. The SMILES string of the molecule is COC1(OC)C2C3C2C2(C(=O)O)C3C12. The fraction of sp³-hybridized carbons (Fsp3) is 0.900. The topological polar surface area (TPSA) is 55.8 Å². The van der Waals surface area contributed by atoms with Gasteiger partial charge in [-0.25, -0.2) is 0 Å². The third-order valence-corrected chi connectivity index (χ3v) is 5.26. The summed E-state index contributed by atoms with van der Waals surface area (Å²) < 4.78 is 10.9. The van der Waals surface area contributed by atoms with Crippen molar-refractivity contribution in [2.45, 2.75) is 5.79 Å². The van der Waals surface area contributed by atoms with Crippen LogP contribution in [0.2, 0.25) is 0 Å². The molecule has 6 atom stereocenters. The predicted molar refractivity (Wildman–Crippen MR) is 44.3 cm³/mol. The van der Waals surface area contributed by atoms with Gasteiger partial charge in [0.1, 0.15) is 0 Å². The lowest BCUT2D eigenvalue weighted by Gasteiger charge is -2.27. The highest BCUT2D eigenvalue weighted by molar-refractivity contribution is 5.87. The molecule has 14 heavy (non-hydrogen) atoms. The Bertz CT molecular complexity index is 353. The van der Waals surface area contributed by atoms with Crippen molar-refractivity contribution in [1.29, 1.82) is 0 Å². The number of carboxylic acids is 1. The molecular formula is C10H12O4. The lowest BCUT2D eigenvalue weighted by molar-refractivity contribution is -0.224. The van der Waals surface area contributed by atoms with Gasteiger partial charge in [-0.2, -0.15) is 0 Å². The van der Waals surface area contributed by atoms with Crippen LogP contribution < -0.4 is 0 Å². The van der Waals surface area contributed by atoms with Crippen LogP contribution in [0.5, 0.6) is 0 Å². The Hall–Kier alpha value is -0.610. The number of methoxy groups -OCH3 is 2. The Kier molecular flexibility index (Phi) is 0.892.